The monoisotopic (exact) mass is 573 g/mol. The maximum atomic E-state index is 13.7. The molecule has 6 rings (SSSR count). The molecule has 9 nitrogen and oxygen atoms in total. The Bertz CT molecular complexity index is 1900. The summed E-state index contributed by atoms with van der Waals surface area (Å²) in [5, 5.41) is 14.2. The number of benzene rings is 2. The summed E-state index contributed by atoms with van der Waals surface area (Å²) >= 11 is 6.65. The van der Waals surface area contributed by atoms with Gasteiger partial charge < -0.3 is 9.94 Å². The number of carbonyl (C=O) groups is 1. The lowest BCUT2D eigenvalue weighted by molar-refractivity contribution is -0.137. The van der Waals surface area contributed by atoms with E-state index in [-0.39, 0.29) is 12.0 Å². The van der Waals surface area contributed by atoms with Crippen LogP contribution in [0.1, 0.15) is 49.7 Å². The first-order valence-electron chi connectivity index (χ1n) is 13.2. The third-order valence-corrected chi connectivity index (χ3v) is 7.59. The smallest absolute Gasteiger partial charge is 0.303 e. The lowest BCUT2D eigenvalue weighted by atomic mass is 9.93. The van der Waals surface area contributed by atoms with E-state index in [1.54, 1.807) is 22.6 Å². The highest BCUT2D eigenvalue weighted by molar-refractivity contribution is 6.30. The van der Waals surface area contributed by atoms with Crippen molar-refractivity contribution >= 4 is 39.8 Å². The van der Waals surface area contributed by atoms with Gasteiger partial charge in [-0.25, -0.2) is 14.4 Å². The molecule has 0 fully saturated rings. The third-order valence-electron chi connectivity index (χ3n) is 7.23. The molecule has 1 unspecified atom stereocenters. The van der Waals surface area contributed by atoms with Gasteiger partial charge in [0.05, 0.1) is 22.3 Å². The van der Waals surface area contributed by atoms with Crippen molar-refractivity contribution in [2.75, 3.05) is 0 Å². The summed E-state index contributed by atoms with van der Waals surface area (Å²) in [4.78, 5) is 40.0. The Morgan fingerprint density at radius 2 is 1.93 bits per heavy atom. The van der Waals surface area contributed by atoms with Crippen LogP contribution in [0.2, 0.25) is 5.15 Å². The van der Waals surface area contributed by atoms with Crippen LogP contribution in [0, 0.1) is 5.82 Å². The summed E-state index contributed by atoms with van der Waals surface area (Å²) < 4.78 is 16.9. The Labute approximate surface area is 238 Å². The van der Waals surface area contributed by atoms with Crippen LogP contribution in [0.5, 0.6) is 0 Å². The zero-order valence-corrected chi connectivity index (χ0v) is 22.8. The minimum atomic E-state index is -0.887. The number of carboxylic acids is 1. The van der Waals surface area contributed by atoms with Gasteiger partial charge in [0, 0.05) is 31.0 Å². The molecule has 208 valence electrons. The lowest BCUT2D eigenvalue weighted by Crippen LogP contribution is -2.24. The molecule has 1 aliphatic rings. The van der Waals surface area contributed by atoms with Gasteiger partial charge in [0.1, 0.15) is 28.1 Å². The van der Waals surface area contributed by atoms with Crippen LogP contribution in [0.25, 0.3) is 22.2 Å². The number of hydrogen-bond acceptors (Lipinski definition) is 6. The number of imidazole rings is 1. The number of halogens is 2. The number of aryl methyl sites for hydroxylation is 1. The van der Waals surface area contributed by atoms with Crippen molar-refractivity contribution in [2.24, 2.45) is 5.16 Å². The molecule has 0 radical (unpaired) electrons. The van der Waals surface area contributed by atoms with E-state index in [0.29, 0.717) is 70.3 Å². The van der Waals surface area contributed by atoms with Gasteiger partial charge in [0.2, 0.25) is 0 Å². The second-order valence-corrected chi connectivity index (χ2v) is 10.6. The van der Waals surface area contributed by atoms with Gasteiger partial charge >= 0.3 is 5.97 Å². The molecule has 0 spiro atoms. The largest absolute Gasteiger partial charge is 0.481 e. The Morgan fingerprint density at radius 3 is 2.68 bits per heavy atom. The quantitative estimate of drug-likeness (QED) is 0.240. The van der Waals surface area contributed by atoms with E-state index in [2.05, 4.69) is 10.1 Å². The van der Waals surface area contributed by atoms with Gasteiger partial charge in [-0.15, -0.1) is 0 Å². The number of unbranched alkanes of at least 4 members (excludes halogenated alkanes) is 1. The van der Waals surface area contributed by atoms with Crippen LogP contribution < -0.4 is 5.56 Å². The molecule has 0 amide bonds. The summed E-state index contributed by atoms with van der Waals surface area (Å²) in [7, 11) is 0. The first-order valence-corrected chi connectivity index (χ1v) is 13.5. The first kappa shape index (κ1) is 26.6. The van der Waals surface area contributed by atoms with Crippen molar-refractivity contribution in [2.45, 2.75) is 44.6 Å². The molecule has 0 saturated carbocycles. The maximum absolute atomic E-state index is 13.7. The zero-order valence-electron chi connectivity index (χ0n) is 22.1. The van der Waals surface area contributed by atoms with Crippen molar-refractivity contribution in [1.82, 2.24) is 18.9 Å². The molecule has 1 atom stereocenters. The third kappa shape index (κ3) is 4.95. The van der Waals surface area contributed by atoms with Gasteiger partial charge in [0.15, 0.2) is 5.60 Å². The normalized spacial score (nSPS) is 16.7. The minimum Gasteiger partial charge on any atom is -0.481 e. The molecule has 3 aromatic heterocycles. The highest BCUT2D eigenvalue weighted by atomic mass is 35.5. The molecule has 0 saturated heterocycles. The van der Waals surface area contributed by atoms with Crippen molar-refractivity contribution in [1.29, 1.82) is 0 Å². The number of rotatable bonds is 8. The van der Waals surface area contributed by atoms with Gasteiger partial charge in [-0.05, 0) is 68.3 Å². The minimum absolute atomic E-state index is 0.0213. The lowest BCUT2D eigenvalue weighted by Gasteiger charge is -2.19. The van der Waals surface area contributed by atoms with E-state index in [1.807, 2.05) is 31.3 Å². The predicted molar refractivity (Wildman–Crippen MR) is 152 cm³/mol. The number of pyridine rings is 1. The van der Waals surface area contributed by atoms with Gasteiger partial charge in [-0.2, -0.15) is 0 Å². The van der Waals surface area contributed by atoms with E-state index in [1.165, 1.54) is 28.8 Å². The molecule has 1 aliphatic heterocycles. The predicted octanol–water partition coefficient (Wildman–Crippen LogP) is 5.66. The zero-order chi connectivity index (χ0) is 28.7. The number of nitrogens with zero attached hydrogens (tertiary/aromatic N) is 5. The Balaban J connectivity index is 1.35. The van der Waals surface area contributed by atoms with Gasteiger partial charge in [-0.1, -0.05) is 28.9 Å². The summed E-state index contributed by atoms with van der Waals surface area (Å²) in [5.74, 6) is -0.837. The molecule has 11 heteroatoms. The molecule has 2 aromatic carbocycles. The van der Waals surface area contributed by atoms with E-state index in [0.717, 1.165) is 5.56 Å². The number of aliphatic carboxylic acids is 1. The first-order chi connectivity index (χ1) is 19.7. The number of fused-ring (bicyclic) bond motifs is 2. The van der Waals surface area contributed by atoms with Crippen LogP contribution in [0.4, 0.5) is 4.39 Å². The molecule has 1 N–H and O–H groups in total. The molecular weight excluding hydrogens is 549 g/mol. The summed E-state index contributed by atoms with van der Waals surface area (Å²) in [6.07, 6.45) is 3.58. The highest BCUT2D eigenvalue weighted by Gasteiger charge is 2.41. The SMILES string of the molecule is CC1(c2nc3ccccn3c2Cl)CC(c2ccc3c(=O)n(-c4ccc(F)cc4)c(CCCCC(=O)O)nc3c2)=NO1. The molecule has 0 aliphatic carbocycles. The van der Waals surface area contributed by atoms with E-state index in [4.69, 9.17) is 26.5 Å². The van der Waals surface area contributed by atoms with Crippen LogP contribution in [-0.2, 0) is 21.7 Å². The number of oxime groups is 1. The van der Waals surface area contributed by atoms with Crippen LogP contribution >= 0.6 is 11.6 Å². The van der Waals surface area contributed by atoms with Crippen LogP contribution in [0.3, 0.4) is 0 Å². The fourth-order valence-corrected chi connectivity index (χ4v) is 5.50. The van der Waals surface area contributed by atoms with Crippen LogP contribution in [-0.4, -0.2) is 35.7 Å². The molecule has 0 bridgehead atoms. The number of aromatic nitrogens is 4. The molecule has 5 aromatic rings. The van der Waals surface area contributed by atoms with Gasteiger partial charge in [0.25, 0.3) is 5.56 Å². The molecule has 4 heterocycles. The molecule has 41 heavy (non-hydrogen) atoms. The van der Waals surface area contributed by atoms with Crippen LogP contribution in [0.15, 0.2) is 76.8 Å². The van der Waals surface area contributed by atoms with Gasteiger partial charge in [-0.3, -0.25) is 18.6 Å². The average molecular weight is 574 g/mol. The summed E-state index contributed by atoms with van der Waals surface area (Å²) in [5.41, 5.74) is 2.45. The highest BCUT2D eigenvalue weighted by Crippen LogP contribution is 2.39. The fourth-order valence-electron chi connectivity index (χ4n) is 5.12. The molecular formula is C30H25ClFN5O4. The summed E-state index contributed by atoms with van der Waals surface area (Å²) in [6, 6.07) is 16.5. The Morgan fingerprint density at radius 1 is 1.12 bits per heavy atom. The second-order valence-electron chi connectivity index (χ2n) is 10.2. The maximum Gasteiger partial charge on any atom is 0.303 e. The number of hydrogen-bond donors (Lipinski definition) is 1. The number of carboxylic acid groups (broad SMARTS) is 1. The van der Waals surface area contributed by atoms with E-state index in [9.17, 15) is 14.0 Å². The van der Waals surface area contributed by atoms with E-state index >= 15 is 0 Å². The Kier molecular flexibility index (Phi) is 6.78. The fraction of sp³-hybridized carbons (Fsp3) is 0.233. The Hall–Kier alpha value is -4.57. The standard InChI is InChI=1S/C30H25ClFN5O4/c1-30(27-28(31)36-15-5-4-6-24(36)34-27)17-23(35-41-30)18-9-14-21-22(16-18)33-25(7-2-3-8-26(38)39)37(29(21)40)20-12-10-19(32)11-13-20/h4-6,9-16H,2-3,7-8,17H2,1H3,(H,38,39). The topological polar surface area (TPSA) is 111 Å². The van der Waals surface area contributed by atoms with E-state index < -0.39 is 17.4 Å². The van der Waals surface area contributed by atoms with Crippen molar-refractivity contribution < 1.29 is 19.1 Å². The van der Waals surface area contributed by atoms with Crippen molar-refractivity contribution in [3.8, 4) is 5.69 Å². The van der Waals surface area contributed by atoms with Crippen molar-refractivity contribution in [3.05, 3.63) is 105 Å². The average Bonchev–Trinajstić information content (AvgIpc) is 3.53. The summed E-state index contributed by atoms with van der Waals surface area (Å²) in [6.45, 7) is 1.88. The van der Waals surface area contributed by atoms with Crippen molar-refractivity contribution in [3.63, 3.8) is 0 Å². The second kappa shape index (κ2) is 10.4.